The van der Waals surface area contributed by atoms with E-state index in [0.717, 1.165) is 18.9 Å². The molecular formula is C29H28F3N3O5. The lowest BCUT2D eigenvalue weighted by Gasteiger charge is -2.28. The smallest absolute Gasteiger partial charge is 0.433 e. The summed E-state index contributed by atoms with van der Waals surface area (Å²) in [6, 6.07) is 12.3. The number of aromatic nitrogens is 1. The Morgan fingerprint density at radius 1 is 1.02 bits per heavy atom. The molecule has 2 N–H and O–H groups in total. The van der Waals surface area contributed by atoms with Gasteiger partial charge in [-0.05, 0) is 48.1 Å². The molecule has 4 aromatic rings. The number of aliphatic carboxylic acids is 1. The molecule has 0 saturated heterocycles. The van der Waals surface area contributed by atoms with Crippen molar-refractivity contribution in [2.75, 3.05) is 23.3 Å². The minimum absolute atomic E-state index is 0.00162. The Bertz CT molecular complexity index is 1570. The minimum atomic E-state index is -4.66. The van der Waals surface area contributed by atoms with Crippen molar-refractivity contribution in [1.82, 2.24) is 4.98 Å². The summed E-state index contributed by atoms with van der Waals surface area (Å²) in [7, 11) is 0. The molecule has 0 saturated carbocycles. The van der Waals surface area contributed by atoms with E-state index >= 15 is 0 Å². The van der Waals surface area contributed by atoms with Gasteiger partial charge in [0.05, 0.1) is 0 Å². The molecule has 0 radical (unpaired) electrons. The zero-order valence-electron chi connectivity index (χ0n) is 21.9. The van der Waals surface area contributed by atoms with E-state index in [1.54, 1.807) is 35.2 Å². The maximum Gasteiger partial charge on any atom is 0.433 e. The first-order valence-corrected chi connectivity index (χ1v) is 12.8. The van der Waals surface area contributed by atoms with Gasteiger partial charge in [0.1, 0.15) is 28.9 Å². The van der Waals surface area contributed by atoms with Gasteiger partial charge in [-0.3, -0.25) is 9.59 Å². The van der Waals surface area contributed by atoms with Crippen molar-refractivity contribution in [3.05, 3.63) is 86.3 Å². The van der Waals surface area contributed by atoms with Crippen LogP contribution >= 0.6 is 0 Å². The van der Waals surface area contributed by atoms with E-state index in [2.05, 4.69) is 10.3 Å². The summed E-state index contributed by atoms with van der Waals surface area (Å²) < 4.78 is 45.8. The molecule has 1 aromatic heterocycles. The van der Waals surface area contributed by atoms with E-state index in [1.807, 2.05) is 13.8 Å². The molecule has 0 aliphatic carbocycles. The van der Waals surface area contributed by atoms with Crippen LogP contribution in [-0.4, -0.2) is 35.2 Å². The molecule has 1 atom stereocenters. The monoisotopic (exact) mass is 555 g/mol. The number of benzene rings is 2. The third-order valence-corrected chi connectivity index (χ3v) is 6.38. The molecule has 3 aromatic carbocycles. The number of alkyl halides is 3. The van der Waals surface area contributed by atoms with Gasteiger partial charge in [-0.25, -0.2) is 9.78 Å². The molecule has 40 heavy (non-hydrogen) atoms. The van der Waals surface area contributed by atoms with Crippen molar-refractivity contribution in [2.45, 2.75) is 45.3 Å². The van der Waals surface area contributed by atoms with E-state index < -0.39 is 34.7 Å². The minimum Gasteiger partial charge on any atom is -0.480 e. The molecule has 0 amide bonds. The number of halogens is 3. The van der Waals surface area contributed by atoms with Crippen LogP contribution in [0, 0.1) is 0 Å². The quantitative estimate of drug-likeness (QED) is 0.225. The van der Waals surface area contributed by atoms with Gasteiger partial charge in [0.15, 0.2) is 0 Å². The van der Waals surface area contributed by atoms with Crippen molar-refractivity contribution < 1.29 is 27.8 Å². The fourth-order valence-electron chi connectivity index (χ4n) is 4.50. The summed E-state index contributed by atoms with van der Waals surface area (Å²) in [5.41, 5.74) is -1.68. The SMILES string of the molecule is CCCN(CCC)c1c(N[C@@H](Cc2ccc(Oc3nc(C(F)(F)F)cc4ccccc34)cc2)C(=O)O)c(=O)c1=O. The first kappa shape index (κ1) is 28.6. The standard InChI is InChI=1S/C29H28F3N3O5/c1-3-13-35(14-4-2)24-23(25(36)26(24)37)33-21(28(38)39)15-17-9-11-19(12-10-17)40-27-20-8-6-5-7-18(20)16-22(34-27)29(30,31)32/h5-12,16,21,33H,3-4,13-15H2,1-2H3,(H,38,39)/t21-/m0/s1. The Kier molecular flexibility index (Phi) is 8.41. The van der Waals surface area contributed by atoms with Crippen LogP contribution in [0.5, 0.6) is 11.6 Å². The van der Waals surface area contributed by atoms with Gasteiger partial charge in [-0.15, -0.1) is 0 Å². The Morgan fingerprint density at radius 2 is 1.68 bits per heavy atom. The Balaban J connectivity index is 1.54. The van der Waals surface area contributed by atoms with Crippen molar-refractivity contribution >= 4 is 28.1 Å². The Hall–Kier alpha value is -4.41. The van der Waals surface area contributed by atoms with Gasteiger partial charge in [-0.2, -0.15) is 13.2 Å². The predicted molar refractivity (Wildman–Crippen MR) is 146 cm³/mol. The summed E-state index contributed by atoms with van der Waals surface area (Å²) in [5.74, 6) is -1.21. The number of nitrogens with zero attached hydrogens (tertiary/aromatic N) is 2. The van der Waals surface area contributed by atoms with Gasteiger partial charge in [0, 0.05) is 24.9 Å². The van der Waals surface area contributed by atoms with Gasteiger partial charge in [-0.1, -0.05) is 44.2 Å². The number of ether oxygens (including phenoxy) is 1. The molecule has 0 spiro atoms. The average molecular weight is 556 g/mol. The lowest BCUT2D eigenvalue weighted by atomic mass is 10.0. The molecule has 4 rings (SSSR count). The van der Waals surface area contributed by atoms with Crippen LogP contribution in [0.15, 0.2) is 64.2 Å². The fourth-order valence-corrected chi connectivity index (χ4v) is 4.50. The second-order valence-electron chi connectivity index (χ2n) is 9.39. The van der Waals surface area contributed by atoms with E-state index in [-0.39, 0.29) is 29.4 Å². The van der Waals surface area contributed by atoms with E-state index in [0.29, 0.717) is 29.4 Å². The highest BCUT2D eigenvalue weighted by atomic mass is 19.4. The number of carboxylic acid groups (broad SMARTS) is 1. The number of nitrogens with one attached hydrogen (secondary N) is 1. The molecule has 11 heteroatoms. The topological polar surface area (TPSA) is 109 Å². The second-order valence-corrected chi connectivity index (χ2v) is 9.39. The van der Waals surface area contributed by atoms with Crippen LogP contribution in [0.2, 0.25) is 0 Å². The normalized spacial score (nSPS) is 12.4. The van der Waals surface area contributed by atoms with Crippen LogP contribution in [0.25, 0.3) is 10.8 Å². The maximum atomic E-state index is 13.4. The van der Waals surface area contributed by atoms with Gasteiger partial charge >= 0.3 is 12.1 Å². The zero-order valence-corrected chi connectivity index (χ0v) is 21.9. The molecule has 0 aliphatic rings. The van der Waals surface area contributed by atoms with Crippen LogP contribution in [0.1, 0.15) is 37.9 Å². The molecule has 8 nitrogen and oxygen atoms in total. The first-order chi connectivity index (χ1) is 19.0. The molecular weight excluding hydrogens is 527 g/mol. The Labute approximate surface area is 227 Å². The second kappa shape index (κ2) is 11.8. The van der Waals surface area contributed by atoms with Gasteiger partial charge in [0.2, 0.25) is 5.88 Å². The molecule has 1 heterocycles. The van der Waals surface area contributed by atoms with Crippen LogP contribution in [-0.2, 0) is 17.4 Å². The zero-order chi connectivity index (χ0) is 29.0. The summed E-state index contributed by atoms with van der Waals surface area (Å²) in [5, 5.41) is 13.3. The number of hydrogen-bond donors (Lipinski definition) is 2. The third kappa shape index (κ3) is 6.08. The lowest BCUT2D eigenvalue weighted by Crippen LogP contribution is -2.46. The molecule has 210 valence electrons. The number of anilines is 2. The molecule has 0 bridgehead atoms. The number of fused-ring (bicyclic) bond motifs is 1. The van der Waals surface area contributed by atoms with Crippen molar-refractivity contribution in [1.29, 1.82) is 0 Å². The highest BCUT2D eigenvalue weighted by Gasteiger charge is 2.34. The van der Waals surface area contributed by atoms with E-state index in [4.69, 9.17) is 4.74 Å². The summed E-state index contributed by atoms with van der Waals surface area (Å²) in [6.45, 7) is 5.01. The van der Waals surface area contributed by atoms with E-state index in [9.17, 15) is 32.7 Å². The number of carboxylic acids is 1. The molecule has 0 fully saturated rings. The van der Waals surface area contributed by atoms with Gasteiger partial charge < -0.3 is 20.1 Å². The highest BCUT2D eigenvalue weighted by molar-refractivity contribution is 5.87. The lowest BCUT2D eigenvalue weighted by molar-refractivity contribution is -0.141. The number of hydrogen-bond acceptors (Lipinski definition) is 7. The van der Waals surface area contributed by atoms with Crippen molar-refractivity contribution in [3.8, 4) is 11.6 Å². The highest BCUT2D eigenvalue weighted by Crippen LogP contribution is 2.35. The molecule has 0 unspecified atom stereocenters. The van der Waals surface area contributed by atoms with Crippen molar-refractivity contribution in [3.63, 3.8) is 0 Å². The summed E-state index contributed by atoms with van der Waals surface area (Å²) >= 11 is 0. The summed E-state index contributed by atoms with van der Waals surface area (Å²) in [6.07, 6.45) is -3.18. The maximum absolute atomic E-state index is 13.4. The van der Waals surface area contributed by atoms with Crippen LogP contribution in [0.3, 0.4) is 0 Å². The fraction of sp³-hybridized carbons (Fsp3) is 0.310. The first-order valence-electron chi connectivity index (χ1n) is 12.8. The number of carbonyl (C=O) groups is 1. The predicted octanol–water partition coefficient (Wildman–Crippen LogP) is 5.38. The largest absolute Gasteiger partial charge is 0.480 e. The van der Waals surface area contributed by atoms with Crippen molar-refractivity contribution in [2.24, 2.45) is 0 Å². The van der Waals surface area contributed by atoms with Crippen LogP contribution < -0.4 is 25.8 Å². The van der Waals surface area contributed by atoms with E-state index in [1.165, 1.54) is 18.2 Å². The molecule has 0 aliphatic heterocycles. The Morgan fingerprint density at radius 3 is 2.27 bits per heavy atom. The average Bonchev–Trinajstić information content (AvgIpc) is 2.92. The number of pyridine rings is 1. The third-order valence-electron chi connectivity index (χ3n) is 6.38. The van der Waals surface area contributed by atoms with Crippen LogP contribution in [0.4, 0.5) is 24.5 Å². The van der Waals surface area contributed by atoms with Gasteiger partial charge in [0.25, 0.3) is 10.9 Å². The summed E-state index contributed by atoms with van der Waals surface area (Å²) in [4.78, 5) is 42.1. The number of rotatable bonds is 12.